The van der Waals surface area contributed by atoms with Gasteiger partial charge in [-0.3, -0.25) is 9.89 Å². The molecule has 6 nitrogen and oxygen atoms in total. The average Bonchev–Trinajstić information content (AvgIpc) is 3.04. The monoisotopic (exact) mass is 360 g/mol. The molecule has 26 heavy (non-hydrogen) atoms. The number of H-pyrrole nitrogens is 1. The first kappa shape index (κ1) is 18.8. The second-order valence-electron chi connectivity index (χ2n) is 7.62. The minimum absolute atomic E-state index is 0.0714. The summed E-state index contributed by atoms with van der Waals surface area (Å²) < 4.78 is 10.5. The zero-order valence-corrected chi connectivity index (χ0v) is 15.8. The van der Waals surface area contributed by atoms with Gasteiger partial charge < -0.3 is 14.3 Å². The molecule has 1 aromatic rings. The Morgan fingerprint density at radius 1 is 1.50 bits per heavy atom. The highest BCUT2D eigenvalue weighted by Gasteiger charge is 2.38. The molecule has 2 aliphatic rings. The van der Waals surface area contributed by atoms with Crippen LogP contribution >= 0.6 is 0 Å². The Labute approximate surface area is 154 Å². The maximum absolute atomic E-state index is 12.1. The quantitative estimate of drug-likeness (QED) is 0.623. The van der Waals surface area contributed by atoms with Crippen LogP contribution in [-0.4, -0.2) is 42.8 Å². The molecule has 142 valence electrons. The topological polar surface area (TPSA) is 81.3 Å². The van der Waals surface area contributed by atoms with Crippen molar-refractivity contribution in [2.75, 3.05) is 20.3 Å². The zero-order valence-electron chi connectivity index (χ0n) is 15.8. The molecule has 0 radical (unpaired) electrons. The van der Waals surface area contributed by atoms with Crippen LogP contribution in [0.1, 0.15) is 50.1 Å². The van der Waals surface area contributed by atoms with Crippen molar-refractivity contribution in [1.82, 2.24) is 10.2 Å². The predicted octanol–water partition coefficient (Wildman–Crippen LogP) is 2.72. The number of esters is 1. The number of hydrogen-bond acceptors (Lipinski definition) is 5. The van der Waals surface area contributed by atoms with Crippen molar-refractivity contribution in [3.05, 3.63) is 23.0 Å². The molecule has 1 N–H and O–H groups in total. The van der Waals surface area contributed by atoms with E-state index in [0.717, 1.165) is 36.9 Å². The van der Waals surface area contributed by atoms with E-state index in [9.17, 15) is 9.59 Å². The lowest BCUT2D eigenvalue weighted by Gasteiger charge is -2.31. The molecule has 0 saturated heterocycles. The first-order valence-electron chi connectivity index (χ1n) is 9.41. The molecule has 0 spiro atoms. The summed E-state index contributed by atoms with van der Waals surface area (Å²) in [5.41, 5.74) is 4.00. The molecular formula is C20H28N2O4. The van der Waals surface area contributed by atoms with Gasteiger partial charge in [-0.15, -0.1) is 0 Å². The molecule has 1 unspecified atom stereocenters. The van der Waals surface area contributed by atoms with Crippen LogP contribution in [0.4, 0.5) is 0 Å². The molecule has 3 rings (SSSR count). The third kappa shape index (κ3) is 3.47. The van der Waals surface area contributed by atoms with Crippen molar-refractivity contribution in [2.45, 2.75) is 46.0 Å². The lowest BCUT2D eigenvalue weighted by molar-refractivity contribution is -0.149. The molecule has 3 atom stereocenters. The van der Waals surface area contributed by atoms with E-state index in [1.165, 1.54) is 11.1 Å². The number of ether oxygens (including phenoxy) is 2. The van der Waals surface area contributed by atoms with Crippen LogP contribution in [0.15, 0.2) is 6.08 Å². The largest absolute Gasteiger partial charge is 0.466 e. The Balaban J connectivity index is 1.79. The maximum Gasteiger partial charge on any atom is 0.309 e. The van der Waals surface area contributed by atoms with Crippen molar-refractivity contribution in [3.63, 3.8) is 0 Å². The Kier molecular flexibility index (Phi) is 5.61. The van der Waals surface area contributed by atoms with E-state index < -0.39 is 5.41 Å². The summed E-state index contributed by atoms with van der Waals surface area (Å²) in [4.78, 5) is 23.7. The van der Waals surface area contributed by atoms with Crippen LogP contribution in [0.25, 0.3) is 5.57 Å². The normalized spacial score (nSPS) is 28.2. The number of fused-ring (bicyclic) bond motifs is 1. The third-order valence-electron chi connectivity index (χ3n) is 5.78. The number of nitrogens with one attached hydrogen (secondary N) is 1. The summed E-state index contributed by atoms with van der Waals surface area (Å²) in [6.07, 6.45) is 6.91. The summed E-state index contributed by atoms with van der Waals surface area (Å²) in [7, 11) is 1.63. The Morgan fingerprint density at radius 3 is 2.96 bits per heavy atom. The smallest absolute Gasteiger partial charge is 0.309 e. The van der Waals surface area contributed by atoms with Gasteiger partial charge >= 0.3 is 5.97 Å². The van der Waals surface area contributed by atoms with Crippen LogP contribution in [0.3, 0.4) is 0 Å². The predicted molar refractivity (Wildman–Crippen MR) is 97.5 cm³/mol. The highest BCUT2D eigenvalue weighted by Crippen LogP contribution is 2.40. The molecule has 0 aromatic carbocycles. The number of hydrogen-bond donors (Lipinski definition) is 1. The maximum atomic E-state index is 12.1. The highest BCUT2D eigenvalue weighted by atomic mass is 16.5. The van der Waals surface area contributed by atoms with Gasteiger partial charge in [0.05, 0.1) is 30.2 Å². The fourth-order valence-corrected chi connectivity index (χ4v) is 4.29. The van der Waals surface area contributed by atoms with E-state index in [2.05, 4.69) is 23.2 Å². The molecule has 1 aromatic heterocycles. The van der Waals surface area contributed by atoms with Crippen molar-refractivity contribution in [2.24, 2.45) is 17.3 Å². The van der Waals surface area contributed by atoms with Gasteiger partial charge in [-0.25, -0.2) is 0 Å². The van der Waals surface area contributed by atoms with E-state index in [0.29, 0.717) is 26.1 Å². The van der Waals surface area contributed by atoms with Crippen LogP contribution in [0.5, 0.6) is 0 Å². The fourth-order valence-electron chi connectivity index (χ4n) is 4.29. The number of aromatic amines is 1. The first-order valence-corrected chi connectivity index (χ1v) is 9.41. The summed E-state index contributed by atoms with van der Waals surface area (Å²) in [6, 6.07) is 0. The van der Waals surface area contributed by atoms with Gasteiger partial charge in [-0.05, 0) is 44.1 Å². The number of methoxy groups -OCH3 is 1. The Hall–Kier alpha value is -1.95. The zero-order chi connectivity index (χ0) is 18.7. The van der Waals surface area contributed by atoms with Gasteiger partial charge in [0, 0.05) is 24.8 Å². The number of carbonyl (C=O) groups is 2. The minimum Gasteiger partial charge on any atom is -0.466 e. The van der Waals surface area contributed by atoms with Gasteiger partial charge in [0.15, 0.2) is 0 Å². The van der Waals surface area contributed by atoms with E-state index >= 15 is 0 Å². The Bertz CT molecular complexity index is 709. The van der Waals surface area contributed by atoms with E-state index in [4.69, 9.17) is 9.47 Å². The van der Waals surface area contributed by atoms with Gasteiger partial charge in [0.25, 0.3) is 0 Å². The number of nitrogens with zero attached hydrogens (tertiary/aromatic N) is 1. The first-order chi connectivity index (χ1) is 12.5. The van der Waals surface area contributed by atoms with Crippen molar-refractivity contribution < 1.29 is 19.1 Å². The van der Waals surface area contributed by atoms with Crippen molar-refractivity contribution in [3.8, 4) is 0 Å². The van der Waals surface area contributed by atoms with E-state index in [-0.39, 0.29) is 17.8 Å². The summed E-state index contributed by atoms with van der Waals surface area (Å²) >= 11 is 0. The average molecular weight is 360 g/mol. The van der Waals surface area contributed by atoms with Crippen LogP contribution in [0, 0.1) is 17.3 Å². The van der Waals surface area contributed by atoms with Crippen LogP contribution in [0.2, 0.25) is 0 Å². The summed E-state index contributed by atoms with van der Waals surface area (Å²) in [5.74, 6) is 0.0557. The number of carbonyl (C=O) groups excluding carboxylic acids is 2. The van der Waals surface area contributed by atoms with E-state index in [1.807, 2.05) is 6.92 Å². The van der Waals surface area contributed by atoms with Gasteiger partial charge in [0.2, 0.25) is 0 Å². The SMILES string of the molecule is CCOC(=O)[C@@H]1CC=C(c2n[nH]c3c2CCC(C=O)(COC)C3)C[C@@H]1C. The third-order valence-corrected chi connectivity index (χ3v) is 5.78. The molecule has 0 fully saturated rings. The standard InChI is InChI=1S/C20H28N2O4/c1-4-26-19(24)15-6-5-14(9-13(15)2)18-16-7-8-20(11-23,12-25-3)10-17(16)21-22-18/h5,11,13,15H,4,6-10,12H2,1-3H3,(H,21,22)/t13-,15+,20?/m0/s1. The minimum atomic E-state index is -0.450. The van der Waals surface area contributed by atoms with Gasteiger partial charge in [-0.1, -0.05) is 13.0 Å². The second kappa shape index (κ2) is 7.74. The highest BCUT2D eigenvalue weighted by molar-refractivity contribution is 5.76. The number of aromatic nitrogens is 2. The molecule has 0 bridgehead atoms. The molecule has 0 amide bonds. The lowest BCUT2D eigenvalue weighted by atomic mass is 9.73. The molecule has 2 aliphatic carbocycles. The van der Waals surface area contributed by atoms with E-state index in [1.54, 1.807) is 7.11 Å². The number of rotatable bonds is 6. The number of allylic oxidation sites excluding steroid dienone is 2. The molecule has 0 saturated carbocycles. The fraction of sp³-hybridized carbons (Fsp3) is 0.650. The van der Waals surface area contributed by atoms with Gasteiger partial charge in [0.1, 0.15) is 6.29 Å². The lowest BCUT2D eigenvalue weighted by Crippen LogP contribution is -2.35. The molecular weight excluding hydrogens is 332 g/mol. The van der Waals surface area contributed by atoms with Crippen molar-refractivity contribution in [1.29, 1.82) is 0 Å². The van der Waals surface area contributed by atoms with Crippen LogP contribution < -0.4 is 0 Å². The summed E-state index contributed by atoms with van der Waals surface area (Å²) in [5, 5.41) is 7.70. The number of aldehydes is 1. The molecule has 0 aliphatic heterocycles. The van der Waals surface area contributed by atoms with Crippen LogP contribution in [-0.2, 0) is 31.9 Å². The summed E-state index contributed by atoms with van der Waals surface area (Å²) in [6.45, 7) is 4.80. The second-order valence-corrected chi connectivity index (χ2v) is 7.62. The van der Waals surface area contributed by atoms with Crippen molar-refractivity contribution >= 4 is 17.8 Å². The molecule has 1 heterocycles. The van der Waals surface area contributed by atoms with Gasteiger partial charge in [-0.2, -0.15) is 5.10 Å². The molecule has 6 heteroatoms. The Morgan fingerprint density at radius 2 is 2.31 bits per heavy atom.